The third-order valence-electron chi connectivity index (χ3n) is 13.1. The summed E-state index contributed by atoms with van der Waals surface area (Å²) >= 11 is 0. The summed E-state index contributed by atoms with van der Waals surface area (Å²) in [6, 6.07) is -0.926. The molecule has 446 valence electrons. The number of carbonyl (C=O) groups excluding carboxylic acids is 2. The Hall–Kier alpha value is -3.59. The standard InChI is InChI=1S/C68H117N2O7P/c1-7-10-13-16-19-22-25-28-30-32-33-34-35-36-37-39-40-42-45-48-51-54-57-60-67(71)69-65(64-76-78(73,74)75-63-62-70(4,5)6)66(59-56-53-50-47-44-27-24-21-18-15-12-9-3)77-68(72)61-58-55-52-49-46-43-41-38-31-29-26-23-20-17-14-11-8-2/h11,14,19-20,22-23,28-31,33-34,36-37,41,43,49,52,56,59,65-66H,7-10,12-13,15-18,21,24-27,32,35,38-40,42,44-48,50-51,53-55,57-58,60-64H2,1-6H3,(H-,69,71,73,74)/b14-11-,22-19-,23-20-,30-28-,31-29-,34-33-,37-36-,43-41-,52-49-,59-56-. The molecule has 9 nitrogen and oxygen atoms in total. The first kappa shape index (κ1) is 74.4. The number of allylic oxidation sites excluding steroid dienone is 19. The normalized spacial score (nSPS) is 14.5. The van der Waals surface area contributed by atoms with Gasteiger partial charge in [0.25, 0.3) is 7.82 Å². The first-order chi connectivity index (χ1) is 37.9. The molecule has 0 bridgehead atoms. The number of likely N-dealkylation sites (N-methyl/N-ethyl adjacent to an activating group) is 1. The summed E-state index contributed by atoms with van der Waals surface area (Å²) in [5.74, 6) is -0.629. The van der Waals surface area contributed by atoms with E-state index in [4.69, 9.17) is 13.8 Å². The molecule has 0 aromatic heterocycles. The first-order valence-electron chi connectivity index (χ1n) is 31.3. The number of hydrogen-bond acceptors (Lipinski definition) is 7. The molecule has 1 N–H and O–H groups in total. The fourth-order valence-corrected chi connectivity index (χ4v) is 9.03. The zero-order valence-corrected chi connectivity index (χ0v) is 51.7. The van der Waals surface area contributed by atoms with Gasteiger partial charge in [-0.05, 0) is 115 Å². The molecule has 0 aromatic rings. The Balaban J connectivity index is 5.33. The average molecular weight is 1110 g/mol. The topological polar surface area (TPSA) is 114 Å². The predicted octanol–water partition coefficient (Wildman–Crippen LogP) is 18.9. The van der Waals surface area contributed by atoms with Gasteiger partial charge in [0.15, 0.2) is 0 Å². The Morgan fingerprint density at radius 1 is 0.462 bits per heavy atom. The van der Waals surface area contributed by atoms with Crippen molar-refractivity contribution in [3.05, 3.63) is 122 Å². The number of rotatable bonds is 55. The summed E-state index contributed by atoms with van der Waals surface area (Å²) in [7, 11) is 1.13. The van der Waals surface area contributed by atoms with E-state index in [0.29, 0.717) is 23.9 Å². The summed E-state index contributed by atoms with van der Waals surface area (Å²) in [6.07, 6.45) is 78.9. The molecule has 0 saturated carbocycles. The lowest BCUT2D eigenvalue weighted by atomic mass is 10.0. The summed E-state index contributed by atoms with van der Waals surface area (Å²) in [6.45, 7) is 6.64. The molecule has 0 saturated heterocycles. The Bertz CT molecular complexity index is 1750. The SMILES string of the molecule is CC/C=C\C/C=C\C/C=C\C/C=C\C/C=C\CCCC(=O)OC(/C=C\CCCCCCCCCCCC)C(COP(=O)([O-])OCC[N+](C)(C)C)NC(=O)CCCCCCCCC/C=C\C/C=C\C/C=C\C/C=C\CCCCC. The van der Waals surface area contributed by atoms with Crippen molar-refractivity contribution in [2.75, 3.05) is 40.9 Å². The fourth-order valence-electron chi connectivity index (χ4n) is 8.30. The number of phosphoric acid groups is 1. The van der Waals surface area contributed by atoms with Crippen LogP contribution in [0.4, 0.5) is 0 Å². The van der Waals surface area contributed by atoms with Gasteiger partial charge in [-0.25, -0.2) is 0 Å². The molecule has 0 heterocycles. The van der Waals surface area contributed by atoms with Gasteiger partial charge in [-0.1, -0.05) is 239 Å². The maximum atomic E-state index is 13.5. The zero-order chi connectivity index (χ0) is 57.2. The Morgan fingerprint density at radius 3 is 1.28 bits per heavy atom. The van der Waals surface area contributed by atoms with Gasteiger partial charge >= 0.3 is 5.97 Å². The van der Waals surface area contributed by atoms with Crippen LogP contribution in [0.15, 0.2) is 122 Å². The van der Waals surface area contributed by atoms with Crippen LogP contribution in [-0.4, -0.2) is 69.4 Å². The van der Waals surface area contributed by atoms with Crippen molar-refractivity contribution < 1.29 is 37.3 Å². The first-order valence-corrected chi connectivity index (χ1v) is 32.8. The van der Waals surface area contributed by atoms with Crippen LogP contribution >= 0.6 is 7.82 Å². The number of amides is 1. The van der Waals surface area contributed by atoms with Crippen LogP contribution in [0, 0.1) is 0 Å². The monoisotopic (exact) mass is 1100 g/mol. The van der Waals surface area contributed by atoms with Gasteiger partial charge in [0.2, 0.25) is 5.91 Å². The Labute approximate surface area is 480 Å². The van der Waals surface area contributed by atoms with E-state index in [1.54, 1.807) is 6.08 Å². The number of unbranched alkanes of at least 4 members (excludes halogenated alkanes) is 21. The lowest BCUT2D eigenvalue weighted by molar-refractivity contribution is -0.870. The molecule has 0 aliphatic rings. The van der Waals surface area contributed by atoms with E-state index in [1.807, 2.05) is 27.2 Å². The van der Waals surface area contributed by atoms with Crippen LogP contribution in [0.1, 0.15) is 245 Å². The number of ether oxygens (including phenoxy) is 1. The van der Waals surface area contributed by atoms with Crippen molar-refractivity contribution in [2.45, 2.75) is 258 Å². The maximum absolute atomic E-state index is 13.5. The molecular weight excluding hydrogens is 988 g/mol. The number of phosphoric ester groups is 1. The third-order valence-corrected chi connectivity index (χ3v) is 14.1. The zero-order valence-electron chi connectivity index (χ0n) is 50.8. The molecular formula is C68H117N2O7P. The number of hydrogen-bond donors (Lipinski definition) is 1. The van der Waals surface area contributed by atoms with E-state index in [2.05, 4.69) is 135 Å². The minimum absolute atomic E-state index is 0.0399. The number of nitrogens with one attached hydrogen (secondary N) is 1. The van der Waals surface area contributed by atoms with E-state index in [1.165, 1.54) is 96.3 Å². The van der Waals surface area contributed by atoms with Crippen molar-refractivity contribution in [3.63, 3.8) is 0 Å². The molecule has 0 rings (SSSR count). The fraction of sp³-hybridized carbons (Fsp3) is 0.676. The molecule has 0 fully saturated rings. The van der Waals surface area contributed by atoms with Crippen LogP contribution < -0.4 is 10.2 Å². The van der Waals surface area contributed by atoms with Gasteiger partial charge in [-0.15, -0.1) is 0 Å². The highest BCUT2D eigenvalue weighted by molar-refractivity contribution is 7.45. The summed E-state index contributed by atoms with van der Waals surface area (Å²) in [5, 5.41) is 3.01. The van der Waals surface area contributed by atoms with Gasteiger partial charge in [0.1, 0.15) is 19.3 Å². The minimum atomic E-state index is -4.72. The van der Waals surface area contributed by atoms with Gasteiger partial charge in [0, 0.05) is 12.8 Å². The van der Waals surface area contributed by atoms with Gasteiger partial charge in [-0.3, -0.25) is 14.2 Å². The summed E-state index contributed by atoms with van der Waals surface area (Å²) < 4.78 is 30.3. The van der Waals surface area contributed by atoms with Crippen molar-refractivity contribution in [1.82, 2.24) is 5.32 Å². The second-order valence-electron chi connectivity index (χ2n) is 21.8. The number of carbonyl (C=O) groups is 2. The smallest absolute Gasteiger partial charge is 0.306 e. The molecule has 0 aliphatic heterocycles. The lowest BCUT2D eigenvalue weighted by Crippen LogP contribution is -2.47. The van der Waals surface area contributed by atoms with Crippen LogP contribution in [-0.2, 0) is 27.9 Å². The second-order valence-corrected chi connectivity index (χ2v) is 23.2. The van der Waals surface area contributed by atoms with E-state index in [9.17, 15) is 19.0 Å². The molecule has 3 unspecified atom stereocenters. The van der Waals surface area contributed by atoms with Crippen molar-refractivity contribution in [1.29, 1.82) is 0 Å². The quantitative estimate of drug-likeness (QED) is 0.0212. The van der Waals surface area contributed by atoms with E-state index >= 15 is 0 Å². The Kier molecular flexibility index (Phi) is 54.1. The van der Waals surface area contributed by atoms with Crippen LogP contribution in [0.3, 0.4) is 0 Å². The molecule has 0 radical (unpaired) electrons. The van der Waals surface area contributed by atoms with E-state index in [0.717, 1.165) is 103 Å². The summed E-state index contributed by atoms with van der Waals surface area (Å²) in [4.78, 5) is 40.0. The Morgan fingerprint density at radius 2 is 0.833 bits per heavy atom. The van der Waals surface area contributed by atoms with Crippen molar-refractivity contribution in [2.24, 2.45) is 0 Å². The van der Waals surface area contributed by atoms with Gasteiger partial charge in [0.05, 0.1) is 33.8 Å². The van der Waals surface area contributed by atoms with E-state index in [-0.39, 0.29) is 25.4 Å². The predicted molar refractivity (Wildman–Crippen MR) is 334 cm³/mol. The lowest BCUT2D eigenvalue weighted by Gasteiger charge is -2.30. The van der Waals surface area contributed by atoms with Gasteiger partial charge < -0.3 is 28.5 Å². The highest BCUT2D eigenvalue weighted by Gasteiger charge is 2.27. The average Bonchev–Trinajstić information content (AvgIpc) is 3.40. The maximum Gasteiger partial charge on any atom is 0.306 e. The largest absolute Gasteiger partial charge is 0.756 e. The number of esters is 1. The number of quaternary nitrogens is 1. The minimum Gasteiger partial charge on any atom is -0.756 e. The number of nitrogens with zero attached hydrogens (tertiary/aromatic N) is 1. The highest BCUT2D eigenvalue weighted by atomic mass is 31.2. The molecule has 0 aliphatic carbocycles. The highest BCUT2D eigenvalue weighted by Crippen LogP contribution is 2.38. The second kappa shape index (κ2) is 56.7. The molecule has 3 atom stereocenters. The van der Waals surface area contributed by atoms with Crippen LogP contribution in [0.5, 0.6) is 0 Å². The molecule has 78 heavy (non-hydrogen) atoms. The molecule has 10 heteroatoms. The van der Waals surface area contributed by atoms with Crippen molar-refractivity contribution >= 4 is 19.7 Å². The third kappa shape index (κ3) is 57.1. The van der Waals surface area contributed by atoms with Gasteiger partial charge in [-0.2, -0.15) is 0 Å². The molecule has 1 amide bonds. The van der Waals surface area contributed by atoms with Crippen molar-refractivity contribution in [3.8, 4) is 0 Å². The summed E-state index contributed by atoms with van der Waals surface area (Å²) in [5.41, 5.74) is 0. The van der Waals surface area contributed by atoms with E-state index < -0.39 is 32.5 Å². The van der Waals surface area contributed by atoms with Crippen LogP contribution in [0.25, 0.3) is 0 Å². The van der Waals surface area contributed by atoms with Crippen LogP contribution in [0.2, 0.25) is 0 Å². The molecule has 0 aromatic carbocycles. The molecule has 0 spiro atoms.